The summed E-state index contributed by atoms with van der Waals surface area (Å²) < 4.78 is 70.5. The second-order valence-corrected chi connectivity index (χ2v) is 8.12. The molecule has 20 heavy (non-hydrogen) atoms. The van der Waals surface area contributed by atoms with Crippen LogP contribution >= 0.6 is 10.7 Å². The molecule has 0 aliphatic heterocycles. The molecule has 0 aliphatic carbocycles. The van der Waals surface area contributed by atoms with Gasteiger partial charge in [-0.3, -0.25) is 9.11 Å². The Labute approximate surface area is 128 Å². The highest BCUT2D eigenvalue weighted by atomic mass is 35.7. The van der Waals surface area contributed by atoms with Crippen LogP contribution in [0.5, 0.6) is 0 Å². The molecule has 0 heterocycles. The Morgan fingerprint density at radius 2 is 0.700 bits per heavy atom. The highest BCUT2D eigenvalue weighted by Gasteiger charge is 1.84. The molecule has 0 unspecified atom stereocenters. The van der Waals surface area contributed by atoms with E-state index < -0.39 is 29.3 Å². The lowest BCUT2D eigenvalue weighted by Crippen LogP contribution is -1.88. The SMILES string of the molecule is C.CS(=O)(=O)Cl.CS(=O)(=O)O.CS(=O)(=O)O.O.O.[B].[B]. The molecule has 0 saturated heterocycles. The second kappa shape index (κ2) is 19.1. The van der Waals surface area contributed by atoms with Gasteiger partial charge < -0.3 is 11.0 Å². The van der Waals surface area contributed by atoms with Gasteiger partial charge in [-0.1, -0.05) is 7.43 Å². The molecule has 6 N–H and O–H groups in total. The highest BCUT2D eigenvalue weighted by molar-refractivity contribution is 8.13. The Hall–Kier alpha value is 0.110. The first-order chi connectivity index (χ1) is 6.00. The predicted octanol–water partition coefficient (Wildman–Crippen LogP) is -2.58. The normalized spacial score (nSPS) is 8.70. The van der Waals surface area contributed by atoms with Crippen LogP contribution in [0, 0.1) is 0 Å². The Morgan fingerprint density at radius 1 is 0.700 bits per heavy atom. The first-order valence-corrected chi connectivity index (χ1v) is 9.16. The molecule has 126 valence electrons. The third-order valence-electron chi connectivity index (χ3n) is 0. The van der Waals surface area contributed by atoms with Gasteiger partial charge in [-0.05, 0) is 0 Å². The van der Waals surface area contributed by atoms with Crippen molar-refractivity contribution in [1.82, 2.24) is 0 Å². The van der Waals surface area contributed by atoms with Crippen molar-refractivity contribution in [2.75, 3.05) is 18.8 Å². The molecule has 10 nitrogen and oxygen atoms in total. The van der Waals surface area contributed by atoms with E-state index in [1.165, 1.54) is 0 Å². The van der Waals surface area contributed by atoms with E-state index in [-0.39, 0.29) is 35.2 Å². The van der Waals surface area contributed by atoms with Gasteiger partial charge in [0.25, 0.3) is 20.2 Å². The third kappa shape index (κ3) is 439000. The standard InChI is InChI=1S/CH3ClO2S.2CH4O3S.CH4.2B.2H2O/c3*1-5(2,3)4;;;;;/h1H3;2*1H3,(H,2,3,4);1H4;;;2*1H2. The monoisotopic (exact) mass is 380 g/mol. The quantitative estimate of drug-likeness (QED) is 0.258. The molecule has 0 aromatic rings. The van der Waals surface area contributed by atoms with Crippen LogP contribution in [0.1, 0.15) is 7.43 Å². The van der Waals surface area contributed by atoms with Crippen LogP contribution in [0.25, 0.3) is 0 Å². The van der Waals surface area contributed by atoms with E-state index in [0.717, 1.165) is 6.26 Å². The van der Waals surface area contributed by atoms with Crippen molar-refractivity contribution in [1.29, 1.82) is 0 Å². The van der Waals surface area contributed by atoms with Crippen molar-refractivity contribution in [3.05, 3.63) is 0 Å². The molecule has 0 atom stereocenters. The van der Waals surface area contributed by atoms with Gasteiger partial charge in [0.1, 0.15) is 0 Å². The number of rotatable bonds is 0. The zero-order valence-electron chi connectivity index (χ0n) is 10.1. The molecule has 16 heteroatoms. The first kappa shape index (κ1) is 50.1. The summed E-state index contributed by atoms with van der Waals surface area (Å²) >= 11 is 0. The predicted molar refractivity (Wildman–Crippen MR) is 81.1 cm³/mol. The molecular formula is C4H19B2ClO10S3. The van der Waals surface area contributed by atoms with Crippen molar-refractivity contribution >= 4 is 56.8 Å². The van der Waals surface area contributed by atoms with Crippen molar-refractivity contribution < 1.29 is 45.3 Å². The summed E-state index contributed by atoms with van der Waals surface area (Å²) in [6, 6.07) is 0. The van der Waals surface area contributed by atoms with Crippen molar-refractivity contribution in [2.24, 2.45) is 0 Å². The van der Waals surface area contributed by atoms with Gasteiger partial charge in [0, 0.05) is 27.5 Å². The van der Waals surface area contributed by atoms with Crippen molar-refractivity contribution in [3.8, 4) is 0 Å². The molecule has 0 bridgehead atoms. The summed E-state index contributed by atoms with van der Waals surface area (Å²) in [5.41, 5.74) is 0. The summed E-state index contributed by atoms with van der Waals surface area (Å²) in [4.78, 5) is 0. The molecule has 0 aromatic heterocycles. The van der Waals surface area contributed by atoms with Crippen molar-refractivity contribution in [3.63, 3.8) is 0 Å². The van der Waals surface area contributed by atoms with Gasteiger partial charge in [0.05, 0.1) is 18.8 Å². The highest BCUT2D eigenvalue weighted by Crippen LogP contribution is 1.83. The molecular weight excluding hydrogens is 361 g/mol. The van der Waals surface area contributed by atoms with Gasteiger partial charge in [0.2, 0.25) is 9.05 Å². The maximum absolute atomic E-state index is 9.40. The Morgan fingerprint density at radius 3 is 0.700 bits per heavy atom. The van der Waals surface area contributed by atoms with Crippen LogP contribution in [0.3, 0.4) is 0 Å². The van der Waals surface area contributed by atoms with Gasteiger partial charge >= 0.3 is 0 Å². The Bertz CT molecular complexity index is 359. The lowest BCUT2D eigenvalue weighted by atomic mass is 10.8. The summed E-state index contributed by atoms with van der Waals surface area (Å²) in [5, 5.41) is 0. The zero-order valence-corrected chi connectivity index (χ0v) is 13.3. The number of hydrogen-bond acceptors (Lipinski definition) is 6. The Kier molecular flexibility index (Phi) is 47.8. The maximum Gasteiger partial charge on any atom is 0.261 e. The topological polar surface area (TPSA) is 206 Å². The first-order valence-electron chi connectivity index (χ1n) is 2.74. The van der Waals surface area contributed by atoms with Crippen LogP contribution in [-0.4, -0.2) is 80.9 Å². The molecule has 0 rings (SSSR count). The van der Waals surface area contributed by atoms with E-state index in [2.05, 4.69) is 10.7 Å². The van der Waals surface area contributed by atoms with E-state index in [0.29, 0.717) is 12.5 Å². The fourth-order valence-electron chi connectivity index (χ4n) is 0. The van der Waals surface area contributed by atoms with Gasteiger partial charge in [0.15, 0.2) is 0 Å². The molecule has 0 aliphatic rings. The largest absolute Gasteiger partial charge is 0.412 e. The van der Waals surface area contributed by atoms with E-state index in [4.69, 9.17) is 9.11 Å². The fraction of sp³-hybridized carbons (Fsp3) is 1.00. The van der Waals surface area contributed by atoms with Crippen LogP contribution in [-0.2, 0) is 29.3 Å². The van der Waals surface area contributed by atoms with Gasteiger partial charge in [-0.2, -0.15) is 16.8 Å². The smallest absolute Gasteiger partial charge is 0.261 e. The summed E-state index contributed by atoms with van der Waals surface area (Å²) in [7, 11) is -6.03. The number of halogens is 1. The minimum atomic E-state index is -3.67. The van der Waals surface area contributed by atoms with Crippen LogP contribution in [0.4, 0.5) is 0 Å². The minimum Gasteiger partial charge on any atom is -0.412 e. The van der Waals surface area contributed by atoms with Gasteiger partial charge in [-0.15, -0.1) is 0 Å². The average Bonchev–Trinajstić information content (AvgIpc) is 1.41. The van der Waals surface area contributed by atoms with E-state index in [1.807, 2.05) is 0 Å². The van der Waals surface area contributed by atoms with Crippen LogP contribution in [0.2, 0.25) is 0 Å². The van der Waals surface area contributed by atoms with E-state index in [1.54, 1.807) is 0 Å². The summed E-state index contributed by atoms with van der Waals surface area (Å²) in [6.45, 7) is 0. The summed E-state index contributed by atoms with van der Waals surface area (Å²) in [6.07, 6.45) is 2.36. The van der Waals surface area contributed by atoms with E-state index >= 15 is 0 Å². The minimum absolute atomic E-state index is 0. The lowest BCUT2D eigenvalue weighted by Gasteiger charge is -1.69. The molecule has 0 spiro atoms. The fourth-order valence-corrected chi connectivity index (χ4v) is 0. The molecule has 0 fully saturated rings. The van der Waals surface area contributed by atoms with Gasteiger partial charge in [-0.25, -0.2) is 8.42 Å². The van der Waals surface area contributed by atoms with E-state index in [9.17, 15) is 25.3 Å². The zero-order chi connectivity index (χ0) is 13.5. The molecule has 0 saturated carbocycles. The molecule has 0 amide bonds. The lowest BCUT2D eigenvalue weighted by molar-refractivity contribution is 0.488. The second-order valence-electron chi connectivity index (χ2n) is 2.15. The molecule has 6 radical (unpaired) electrons. The maximum atomic E-state index is 9.40. The summed E-state index contributed by atoms with van der Waals surface area (Å²) in [5.74, 6) is 0. The Balaban J connectivity index is -0.0000000160. The van der Waals surface area contributed by atoms with Crippen LogP contribution < -0.4 is 0 Å². The van der Waals surface area contributed by atoms with Crippen molar-refractivity contribution in [2.45, 2.75) is 7.43 Å². The number of hydrogen-bond donors (Lipinski definition) is 2. The van der Waals surface area contributed by atoms with Crippen LogP contribution in [0.15, 0.2) is 0 Å². The third-order valence-corrected chi connectivity index (χ3v) is 0. The average molecular weight is 380 g/mol. The molecule has 0 aromatic carbocycles.